The van der Waals surface area contributed by atoms with E-state index in [-0.39, 0.29) is 34.2 Å². The van der Waals surface area contributed by atoms with E-state index in [0.29, 0.717) is 17.1 Å². The highest BCUT2D eigenvalue weighted by Crippen LogP contribution is 2.43. The minimum atomic E-state index is -0.841. The summed E-state index contributed by atoms with van der Waals surface area (Å²) in [6.07, 6.45) is 0. The standard InChI is InChI=1S/C27H24ClNO6/c1-33-20-12-8-7-11-17(20)15-29-24(16-9-5-4-6-10-16)23(26(31)27(29)32)25(30)18-13-19(28)22(35-3)14-21(18)34-2/h4-14,24,30H,15H2,1-3H3/b25-23+. The fourth-order valence-corrected chi connectivity index (χ4v) is 4.47. The normalized spacial score (nSPS) is 16.9. The maximum atomic E-state index is 13.3. The first-order valence-corrected chi connectivity index (χ1v) is 11.2. The van der Waals surface area contributed by atoms with Crippen LogP contribution in [0.4, 0.5) is 0 Å². The molecule has 0 spiro atoms. The van der Waals surface area contributed by atoms with Crippen molar-refractivity contribution in [2.75, 3.05) is 21.3 Å². The van der Waals surface area contributed by atoms with Gasteiger partial charge in [-0.2, -0.15) is 0 Å². The molecule has 3 aromatic carbocycles. The number of ketones is 1. The number of hydrogen-bond acceptors (Lipinski definition) is 6. The van der Waals surface area contributed by atoms with Crippen LogP contribution in [-0.4, -0.2) is 43.0 Å². The van der Waals surface area contributed by atoms with Crippen molar-refractivity contribution in [3.8, 4) is 17.2 Å². The van der Waals surface area contributed by atoms with E-state index in [0.717, 1.165) is 5.56 Å². The van der Waals surface area contributed by atoms with Gasteiger partial charge < -0.3 is 24.2 Å². The van der Waals surface area contributed by atoms with E-state index < -0.39 is 17.7 Å². The quantitative estimate of drug-likeness (QED) is 0.283. The molecule has 0 aromatic heterocycles. The molecule has 7 nitrogen and oxygen atoms in total. The lowest BCUT2D eigenvalue weighted by Crippen LogP contribution is -2.29. The molecule has 8 heteroatoms. The van der Waals surface area contributed by atoms with Crippen LogP contribution in [0.25, 0.3) is 5.76 Å². The van der Waals surface area contributed by atoms with E-state index in [4.69, 9.17) is 25.8 Å². The summed E-state index contributed by atoms with van der Waals surface area (Å²) in [4.78, 5) is 28.0. The number of halogens is 1. The van der Waals surface area contributed by atoms with Gasteiger partial charge in [-0.05, 0) is 17.7 Å². The summed E-state index contributed by atoms with van der Waals surface area (Å²) in [5.74, 6) is -0.751. The zero-order valence-corrected chi connectivity index (χ0v) is 20.2. The monoisotopic (exact) mass is 493 g/mol. The van der Waals surface area contributed by atoms with E-state index in [2.05, 4.69) is 0 Å². The number of ether oxygens (including phenoxy) is 3. The summed E-state index contributed by atoms with van der Waals surface area (Å²) in [5.41, 5.74) is 1.51. The van der Waals surface area contributed by atoms with Crippen molar-refractivity contribution in [3.63, 3.8) is 0 Å². The smallest absolute Gasteiger partial charge is 0.295 e. The van der Waals surface area contributed by atoms with Gasteiger partial charge in [0.25, 0.3) is 11.7 Å². The summed E-state index contributed by atoms with van der Waals surface area (Å²) < 4.78 is 16.1. The number of para-hydroxylation sites is 1. The maximum Gasteiger partial charge on any atom is 0.295 e. The third kappa shape index (κ3) is 4.42. The van der Waals surface area contributed by atoms with Gasteiger partial charge in [-0.25, -0.2) is 0 Å². The Balaban J connectivity index is 1.91. The van der Waals surface area contributed by atoms with Gasteiger partial charge in [0.15, 0.2) is 0 Å². The minimum Gasteiger partial charge on any atom is -0.507 e. The molecule has 1 atom stereocenters. The fraction of sp³-hybridized carbons (Fsp3) is 0.185. The first-order valence-electron chi connectivity index (χ1n) is 10.8. The molecule has 4 rings (SSSR count). The molecular weight excluding hydrogens is 470 g/mol. The van der Waals surface area contributed by atoms with Crippen molar-refractivity contribution in [2.24, 2.45) is 0 Å². The van der Waals surface area contributed by atoms with E-state index in [1.807, 2.05) is 36.4 Å². The third-order valence-electron chi connectivity index (χ3n) is 5.92. The van der Waals surface area contributed by atoms with E-state index in [1.165, 1.54) is 31.3 Å². The summed E-state index contributed by atoms with van der Waals surface area (Å²) in [6.45, 7) is 0.103. The number of methoxy groups -OCH3 is 3. The zero-order chi connectivity index (χ0) is 25.1. The van der Waals surface area contributed by atoms with Crippen LogP contribution in [0, 0.1) is 0 Å². The second kappa shape index (κ2) is 10.1. The van der Waals surface area contributed by atoms with Gasteiger partial charge in [-0.15, -0.1) is 0 Å². The number of rotatable bonds is 7. The third-order valence-corrected chi connectivity index (χ3v) is 6.21. The molecule has 1 aliphatic heterocycles. The second-order valence-electron chi connectivity index (χ2n) is 7.84. The maximum absolute atomic E-state index is 13.3. The Hall–Kier alpha value is -3.97. The number of aliphatic hydroxyl groups is 1. The van der Waals surface area contributed by atoms with Crippen molar-refractivity contribution in [1.82, 2.24) is 4.90 Å². The highest BCUT2D eigenvalue weighted by atomic mass is 35.5. The number of nitrogens with zero attached hydrogens (tertiary/aromatic N) is 1. The number of likely N-dealkylation sites (tertiary alicyclic amines) is 1. The fourth-order valence-electron chi connectivity index (χ4n) is 4.23. The molecule has 0 saturated carbocycles. The van der Waals surface area contributed by atoms with Gasteiger partial charge in [-0.3, -0.25) is 9.59 Å². The van der Waals surface area contributed by atoms with Gasteiger partial charge in [0.2, 0.25) is 0 Å². The Morgan fingerprint density at radius 2 is 1.51 bits per heavy atom. The Bertz CT molecular complexity index is 1300. The number of benzene rings is 3. The molecule has 1 fully saturated rings. The number of carbonyl (C=O) groups is 2. The first-order chi connectivity index (χ1) is 16.9. The van der Waals surface area contributed by atoms with Crippen LogP contribution in [-0.2, 0) is 16.1 Å². The summed E-state index contributed by atoms with van der Waals surface area (Å²) >= 11 is 6.31. The Morgan fingerprint density at radius 3 is 2.17 bits per heavy atom. The molecule has 1 heterocycles. The lowest BCUT2D eigenvalue weighted by molar-refractivity contribution is -0.140. The summed E-state index contributed by atoms with van der Waals surface area (Å²) in [5, 5.41) is 11.6. The molecule has 1 amide bonds. The molecule has 1 aliphatic rings. The van der Waals surface area contributed by atoms with Crippen molar-refractivity contribution in [2.45, 2.75) is 12.6 Å². The highest BCUT2D eigenvalue weighted by molar-refractivity contribution is 6.46. The predicted molar refractivity (Wildman–Crippen MR) is 132 cm³/mol. The molecule has 0 bridgehead atoms. The van der Waals surface area contributed by atoms with Gasteiger partial charge >= 0.3 is 0 Å². The largest absolute Gasteiger partial charge is 0.507 e. The lowest BCUT2D eigenvalue weighted by Gasteiger charge is -2.26. The van der Waals surface area contributed by atoms with Crippen molar-refractivity contribution >= 4 is 29.1 Å². The topological polar surface area (TPSA) is 85.3 Å². The second-order valence-corrected chi connectivity index (χ2v) is 8.24. The Kier molecular flexibility index (Phi) is 6.98. The number of carbonyl (C=O) groups excluding carboxylic acids is 2. The molecule has 1 N–H and O–H groups in total. The molecule has 0 aliphatic carbocycles. The van der Waals surface area contributed by atoms with Crippen LogP contribution in [0.5, 0.6) is 17.2 Å². The molecule has 1 unspecified atom stereocenters. The van der Waals surface area contributed by atoms with Crippen LogP contribution >= 0.6 is 11.6 Å². The van der Waals surface area contributed by atoms with Crippen LogP contribution in [0.2, 0.25) is 5.02 Å². The van der Waals surface area contributed by atoms with E-state index >= 15 is 0 Å². The molecule has 180 valence electrons. The number of hydrogen-bond donors (Lipinski definition) is 1. The number of amides is 1. The van der Waals surface area contributed by atoms with Crippen molar-refractivity contribution in [3.05, 3.63) is 94.0 Å². The Morgan fingerprint density at radius 1 is 0.886 bits per heavy atom. The molecule has 1 saturated heterocycles. The number of aliphatic hydroxyl groups excluding tert-OH is 1. The SMILES string of the molecule is COc1cc(OC)c(/C(O)=C2\C(=O)C(=O)N(Cc3ccccc3OC)C2c2ccccc2)cc1Cl. The average molecular weight is 494 g/mol. The highest BCUT2D eigenvalue weighted by Gasteiger charge is 2.46. The molecule has 0 radical (unpaired) electrons. The predicted octanol–water partition coefficient (Wildman–Crippen LogP) is 4.99. The van der Waals surface area contributed by atoms with Crippen molar-refractivity contribution in [1.29, 1.82) is 0 Å². The van der Waals surface area contributed by atoms with E-state index in [1.54, 1.807) is 25.3 Å². The van der Waals surface area contributed by atoms with E-state index in [9.17, 15) is 14.7 Å². The Labute approximate surface area is 208 Å². The van der Waals surface area contributed by atoms with Crippen molar-refractivity contribution < 1.29 is 28.9 Å². The van der Waals surface area contributed by atoms with Gasteiger partial charge in [0.05, 0.1) is 50.1 Å². The summed E-state index contributed by atoms with van der Waals surface area (Å²) in [6, 6.07) is 18.4. The van der Waals surface area contributed by atoms with Crippen LogP contribution < -0.4 is 14.2 Å². The minimum absolute atomic E-state index is 0.0596. The molecular formula is C27H24ClNO6. The summed E-state index contributed by atoms with van der Waals surface area (Å²) in [7, 11) is 4.43. The van der Waals surface area contributed by atoms with Crippen LogP contribution in [0.15, 0.2) is 72.3 Å². The van der Waals surface area contributed by atoms with Gasteiger partial charge in [0, 0.05) is 11.6 Å². The lowest BCUT2D eigenvalue weighted by atomic mass is 9.94. The molecule has 35 heavy (non-hydrogen) atoms. The van der Waals surface area contributed by atoms with Gasteiger partial charge in [-0.1, -0.05) is 60.1 Å². The van der Waals surface area contributed by atoms with Crippen LogP contribution in [0.1, 0.15) is 22.7 Å². The van der Waals surface area contributed by atoms with Gasteiger partial charge in [0.1, 0.15) is 23.0 Å². The first kappa shape index (κ1) is 24.2. The molecule has 3 aromatic rings. The zero-order valence-electron chi connectivity index (χ0n) is 19.4. The average Bonchev–Trinajstić information content (AvgIpc) is 3.13. The number of Topliss-reactive ketones (excluding diaryl/α,β-unsaturated/α-hetero) is 1. The van der Waals surface area contributed by atoms with Crippen LogP contribution in [0.3, 0.4) is 0 Å².